The maximum absolute atomic E-state index is 13.4. The maximum atomic E-state index is 13.4. The predicted octanol–water partition coefficient (Wildman–Crippen LogP) is 3.85. The number of rotatable bonds is 8. The molecule has 0 spiro atoms. The van der Waals surface area contributed by atoms with Gasteiger partial charge in [0.15, 0.2) is 18.2 Å². The molecule has 0 unspecified atom stereocenters. The van der Waals surface area contributed by atoms with E-state index in [9.17, 15) is 14.4 Å². The Kier molecular flexibility index (Phi) is 8.29. The van der Waals surface area contributed by atoms with Crippen LogP contribution in [0.3, 0.4) is 0 Å². The third kappa shape index (κ3) is 6.54. The Hall–Kier alpha value is -2.46. The van der Waals surface area contributed by atoms with Crippen LogP contribution in [0, 0.1) is 15.6 Å². The van der Waals surface area contributed by atoms with E-state index in [4.69, 9.17) is 26.4 Å². The van der Waals surface area contributed by atoms with Crippen molar-refractivity contribution < 1.29 is 23.8 Å². The molecule has 0 fully saturated rings. The Balaban J connectivity index is 2.52. The van der Waals surface area contributed by atoms with Gasteiger partial charge in [-0.25, -0.2) is 4.57 Å². The molecule has 0 aliphatic rings. The number of nitrogens with zero attached hydrogens (tertiary/aromatic N) is 3. The van der Waals surface area contributed by atoms with E-state index in [2.05, 4.69) is 0 Å². The average molecular weight is 482 g/mol. The summed E-state index contributed by atoms with van der Waals surface area (Å²) in [5, 5.41) is 0. The van der Waals surface area contributed by atoms with Gasteiger partial charge in [-0.1, -0.05) is 0 Å². The highest BCUT2D eigenvalue weighted by Gasteiger charge is 2.25. The molecule has 2 heterocycles. The Labute approximate surface area is 199 Å². The highest BCUT2D eigenvalue weighted by molar-refractivity contribution is 7.71. The quantitative estimate of drug-likeness (QED) is 0.417. The van der Waals surface area contributed by atoms with Crippen LogP contribution in [0.25, 0.3) is 11.0 Å². The molecule has 0 radical (unpaired) electrons. The number of carbonyl (C=O) groups is 2. The van der Waals surface area contributed by atoms with E-state index < -0.39 is 22.4 Å². The normalized spacial score (nSPS) is 12.4. The first-order chi connectivity index (χ1) is 15.1. The summed E-state index contributed by atoms with van der Waals surface area (Å²) < 4.78 is 21.2. The van der Waals surface area contributed by atoms with Crippen molar-refractivity contribution in [3.05, 3.63) is 27.4 Å². The first-order valence-electron chi connectivity index (χ1n) is 10.9. The summed E-state index contributed by atoms with van der Waals surface area (Å²) >= 11 is 5.58. The van der Waals surface area contributed by atoms with Crippen molar-refractivity contribution in [3.8, 4) is 0 Å². The van der Waals surface area contributed by atoms with Gasteiger partial charge in [0.2, 0.25) is 0 Å². The van der Waals surface area contributed by atoms with Crippen molar-refractivity contribution >= 4 is 35.2 Å². The van der Waals surface area contributed by atoms with E-state index in [0.29, 0.717) is 24.2 Å². The van der Waals surface area contributed by atoms with Gasteiger partial charge in [0.25, 0.3) is 5.56 Å². The van der Waals surface area contributed by atoms with Crippen LogP contribution in [0.4, 0.5) is 0 Å². The Bertz CT molecular complexity index is 1130. The molecule has 10 heteroatoms. The minimum absolute atomic E-state index is 0.0368. The summed E-state index contributed by atoms with van der Waals surface area (Å²) in [7, 11) is 0. The number of aromatic nitrogens is 3. The zero-order valence-electron chi connectivity index (χ0n) is 20.8. The minimum Gasteiger partial charge on any atom is -0.443 e. The van der Waals surface area contributed by atoms with Crippen molar-refractivity contribution in [1.82, 2.24) is 13.7 Å². The summed E-state index contributed by atoms with van der Waals surface area (Å²) in [4.78, 5) is 37.9. The molecule has 184 valence electrons. The zero-order valence-corrected chi connectivity index (χ0v) is 21.6. The van der Waals surface area contributed by atoms with E-state index in [-0.39, 0.29) is 30.3 Å². The lowest BCUT2D eigenvalue weighted by molar-refractivity contribution is -0.157. The van der Waals surface area contributed by atoms with Crippen LogP contribution >= 0.6 is 12.2 Å². The third-order valence-corrected chi connectivity index (χ3v) is 5.23. The van der Waals surface area contributed by atoms with E-state index >= 15 is 0 Å². The Morgan fingerprint density at radius 1 is 0.970 bits per heavy atom. The number of carbonyl (C=O) groups excluding carboxylic acids is 2. The molecule has 33 heavy (non-hydrogen) atoms. The average Bonchev–Trinajstić information content (AvgIpc) is 3.10. The molecule has 2 rings (SSSR count). The van der Waals surface area contributed by atoms with Crippen LogP contribution in [-0.2, 0) is 43.8 Å². The fraction of sp³-hybridized carbons (Fsp3) is 0.652. The minimum atomic E-state index is -0.724. The van der Waals surface area contributed by atoms with Crippen LogP contribution in [0.2, 0.25) is 0 Å². The molecule has 2 aromatic heterocycles. The lowest BCUT2D eigenvalue weighted by Crippen LogP contribution is -2.32. The molecule has 0 aliphatic heterocycles. The first-order valence-corrected chi connectivity index (χ1v) is 11.3. The summed E-state index contributed by atoms with van der Waals surface area (Å²) in [5.41, 5.74) is -0.956. The second-order valence-corrected chi connectivity index (χ2v) is 10.6. The first kappa shape index (κ1) is 26.8. The van der Waals surface area contributed by atoms with Gasteiger partial charge in [0.05, 0.1) is 29.1 Å². The van der Waals surface area contributed by atoms with Crippen molar-refractivity contribution in [2.45, 2.75) is 81.5 Å². The Morgan fingerprint density at radius 2 is 1.52 bits per heavy atom. The highest BCUT2D eigenvalue weighted by atomic mass is 32.1. The molecular formula is C23H35N3O6S. The lowest BCUT2D eigenvalue weighted by Gasteiger charge is -2.20. The smallest absolute Gasteiger partial charge is 0.312 e. The van der Waals surface area contributed by atoms with Crippen LogP contribution in [0.15, 0.2) is 17.1 Å². The molecule has 9 nitrogen and oxygen atoms in total. The van der Waals surface area contributed by atoms with Crippen LogP contribution in [0.1, 0.15) is 55.4 Å². The molecule has 0 aromatic carbocycles. The molecular weight excluding hydrogens is 446 g/mol. The predicted molar refractivity (Wildman–Crippen MR) is 127 cm³/mol. The monoisotopic (exact) mass is 481 g/mol. The van der Waals surface area contributed by atoms with Gasteiger partial charge in [0.1, 0.15) is 5.52 Å². The summed E-state index contributed by atoms with van der Waals surface area (Å²) in [5.74, 6) is -0.838. The second kappa shape index (κ2) is 10.2. The van der Waals surface area contributed by atoms with Crippen molar-refractivity contribution in [1.29, 1.82) is 0 Å². The van der Waals surface area contributed by atoms with E-state index in [1.54, 1.807) is 62.9 Å². The van der Waals surface area contributed by atoms with Gasteiger partial charge in [-0.15, -0.1) is 0 Å². The lowest BCUT2D eigenvalue weighted by atomic mass is 9.97. The van der Waals surface area contributed by atoms with Crippen molar-refractivity contribution in [2.24, 2.45) is 10.8 Å². The number of hydrogen-bond acceptors (Lipinski definition) is 7. The van der Waals surface area contributed by atoms with Crippen molar-refractivity contribution in [2.75, 3.05) is 6.61 Å². The maximum Gasteiger partial charge on any atom is 0.312 e. The highest BCUT2D eigenvalue weighted by Crippen LogP contribution is 2.19. The third-order valence-electron chi connectivity index (χ3n) is 4.79. The fourth-order valence-electron chi connectivity index (χ4n) is 2.88. The Morgan fingerprint density at radius 3 is 2.03 bits per heavy atom. The van der Waals surface area contributed by atoms with Crippen molar-refractivity contribution in [3.63, 3.8) is 0 Å². The molecule has 0 saturated carbocycles. The number of esters is 2. The number of ether oxygens (including phenoxy) is 3. The SMILES string of the molecule is CC(C)OCCn1c(=S)n(COC(=O)C(C)(C)C)c(=O)c2c1ccn2COC(=O)C(C)(C)C. The number of fused-ring (bicyclic) bond motifs is 1. The standard InChI is InChI=1S/C23H35N3O6S/c1-15(2)30-12-11-25-16-9-10-24(13-31-19(28)22(3,4)5)17(16)18(27)26(21(25)33)14-32-20(29)23(6,7)8/h9-10,15H,11-14H2,1-8H3. The molecule has 0 saturated heterocycles. The summed E-state index contributed by atoms with van der Waals surface area (Å²) in [6, 6.07) is 1.75. The van der Waals surface area contributed by atoms with Gasteiger partial charge in [-0.05, 0) is 73.7 Å². The number of hydrogen-bond donors (Lipinski definition) is 0. The summed E-state index contributed by atoms with van der Waals surface area (Å²) in [6.45, 7) is 14.7. The van der Waals surface area contributed by atoms with Gasteiger partial charge in [-0.2, -0.15) is 0 Å². The molecule has 2 aromatic rings. The zero-order chi connectivity index (χ0) is 25.1. The van der Waals surface area contributed by atoms with E-state index in [1.165, 1.54) is 4.57 Å². The van der Waals surface area contributed by atoms with Gasteiger partial charge >= 0.3 is 11.9 Å². The molecule has 0 bridgehead atoms. The molecule has 0 aliphatic carbocycles. The van der Waals surface area contributed by atoms with Crippen LogP contribution in [-0.4, -0.2) is 38.4 Å². The fourth-order valence-corrected chi connectivity index (χ4v) is 3.20. The van der Waals surface area contributed by atoms with Crippen LogP contribution in [0.5, 0.6) is 0 Å². The summed E-state index contributed by atoms with van der Waals surface area (Å²) in [6.07, 6.45) is 1.71. The van der Waals surface area contributed by atoms with Gasteiger partial charge in [0, 0.05) is 12.7 Å². The second-order valence-electron chi connectivity index (χ2n) is 10.2. The van der Waals surface area contributed by atoms with E-state index in [1.807, 2.05) is 13.8 Å². The molecule has 0 atom stereocenters. The largest absolute Gasteiger partial charge is 0.443 e. The van der Waals surface area contributed by atoms with E-state index in [0.717, 1.165) is 0 Å². The molecule has 0 N–H and O–H groups in total. The van der Waals surface area contributed by atoms with Gasteiger partial charge in [-0.3, -0.25) is 14.4 Å². The van der Waals surface area contributed by atoms with Crippen LogP contribution < -0.4 is 5.56 Å². The molecule has 0 amide bonds. The topological polar surface area (TPSA) is 93.7 Å². The van der Waals surface area contributed by atoms with Gasteiger partial charge < -0.3 is 23.3 Å².